The van der Waals surface area contributed by atoms with Crippen LogP contribution in [-0.4, -0.2) is 17.0 Å². The number of amides is 1. The Kier molecular flexibility index (Phi) is 3.85. The summed E-state index contributed by atoms with van der Waals surface area (Å²) in [4.78, 5) is 22.0. The maximum absolute atomic E-state index is 11.4. The van der Waals surface area contributed by atoms with Crippen LogP contribution in [0.4, 0.5) is 0 Å². The first-order valence-electron chi connectivity index (χ1n) is 4.57. The summed E-state index contributed by atoms with van der Waals surface area (Å²) in [5.74, 6) is -2.57. The number of rotatable bonds is 4. The number of hydrogen-bond donors (Lipinski definition) is 2. The minimum absolute atomic E-state index is 0.148. The number of carboxylic acids is 1. The van der Waals surface area contributed by atoms with Crippen molar-refractivity contribution in [1.82, 2.24) is 5.32 Å². The predicted octanol–water partition coefficient (Wildman–Crippen LogP) is 1.65. The summed E-state index contributed by atoms with van der Waals surface area (Å²) in [6, 6.07) is 1.76. The first-order chi connectivity index (χ1) is 7.02. The highest BCUT2D eigenvalue weighted by atomic mass is 32.1. The molecule has 4 nitrogen and oxygen atoms in total. The van der Waals surface area contributed by atoms with Gasteiger partial charge in [-0.15, -0.1) is 0 Å². The minimum Gasteiger partial charge on any atom is -0.481 e. The molecule has 1 rings (SSSR count). The van der Waals surface area contributed by atoms with Crippen molar-refractivity contribution in [2.45, 2.75) is 19.9 Å². The Bertz CT molecular complexity index is 348. The van der Waals surface area contributed by atoms with Crippen LogP contribution in [0.25, 0.3) is 0 Å². The van der Waals surface area contributed by atoms with E-state index in [2.05, 4.69) is 5.32 Å². The van der Waals surface area contributed by atoms with Crippen molar-refractivity contribution in [2.75, 3.05) is 0 Å². The normalized spacial score (nSPS) is 14.3. The molecule has 0 saturated carbocycles. The second kappa shape index (κ2) is 4.93. The topological polar surface area (TPSA) is 66.4 Å². The van der Waals surface area contributed by atoms with Crippen LogP contribution in [-0.2, 0) is 9.59 Å². The fourth-order valence-corrected chi connectivity index (χ4v) is 1.81. The fourth-order valence-electron chi connectivity index (χ4n) is 1.06. The zero-order valence-corrected chi connectivity index (χ0v) is 9.38. The lowest BCUT2D eigenvalue weighted by Gasteiger charge is -2.14. The summed E-state index contributed by atoms with van der Waals surface area (Å²) >= 11 is 1.54. The number of nitrogens with one attached hydrogen (secondary N) is 1. The predicted molar refractivity (Wildman–Crippen MR) is 57.7 cm³/mol. The average molecular weight is 227 g/mol. The van der Waals surface area contributed by atoms with Crippen molar-refractivity contribution in [2.24, 2.45) is 5.92 Å². The molecule has 0 aliphatic heterocycles. The van der Waals surface area contributed by atoms with E-state index in [1.165, 1.54) is 6.92 Å². The lowest BCUT2D eigenvalue weighted by Crippen LogP contribution is -2.35. The highest BCUT2D eigenvalue weighted by Crippen LogP contribution is 2.15. The number of carbonyl (C=O) groups is 2. The molecule has 0 fully saturated rings. The molecule has 0 aliphatic rings. The molecule has 0 spiro atoms. The molecule has 0 aromatic carbocycles. The third-order valence-corrected chi connectivity index (χ3v) is 2.87. The van der Waals surface area contributed by atoms with E-state index in [1.54, 1.807) is 11.3 Å². The molecule has 0 aliphatic carbocycles. The second-order valence-corrected chi connectivity index (χ2v) is 4.13. The molecule has 5 heteroatoms. The van der Waals surface area contributed by atoms with E-state index in [-0.39, 0.29) is 6.04 Å². The van der Waals surface area contributed by atoms with Gasteiger partial charge in [0.25, 0.3) is 0 Å². The van der Waals surface area contributed by atoms with Crippen LogP contribution in [0.15, 0.2) is 16.8 Å². The zero-order valence-electron chi connectivity index (χ0n) is 8.56. The van der Waals surface area contributed by atoms with Gasteiger partial charge in [-0.3, -0.25) is 9.59 Å². The SMILES string of the molecule is CC(C(=O)O)C(=O)NC(C)c1ccsc1. The number of carbonyl (C=O) groups excluding carboxylic acids is 1. The fraction of sp³-hybridized carbons (Fsp3) is 0.400. The molecule has 2 unspecified atom stereocenters. The number of aliphatic carboxylic acids is 1. The van der Waals surface area contributed by atoms with E-state index >= 15 is 0 Å². The standard InChI is InChI=1S/C10H13NO3S/c1-6(10(13)14)9(12)11-7(2)8-3-4-15-5-8/h3-7H,1-2H3,(H,11,12)(H,13,14). The molecule has 0 radical (unpaired) electrons. The van der Waals surface area contributed by atoms with Crippen LogP contribution in [0.1, 0.15) is 25.5 Å². The largest absolute Gasteiger partial charge is 0.481 e. The first kappa shape index (κ1) is 11.7. The van der Waals surface area contributed by atoms with Crippen molar-refractivity contribution in [3.05, 3.63) is 22.4 Å². The summed E-state index contributed by atoms with van der Waals surface area (Å²) in [6.45, 7) is 3.20. The number of carboxylic acid groups (broad SMARTS) is 1. The van der Waals surface area contributed by atoms with Crippen LogP contribution < -0.4 is 5.32 Å². The highest BCUT2D eigenvalue weighted by molar-refractivity contribution is 7.07. The Labute approximate surface area is 91.9 Å². The van der Waals surface area contributed by atoms with E-state index < -0.39 is 17.8 Å². The summed E-state index contributed by atoms with van der Waals surface area (Å²) < 4.78 is 0. The van der Waals surface area contributed by atoms with Crippen molar-refractivity contribution in [3.8, 4) is 0 Å². The smallest absolute Gasteiger partial charge is 0.315 e. The Morgan fingerprint density at radius 1 is 1.47 bits per heavy atom. The maximum Gasteiger partial charge on any atom is 0.315 e. The molecule has 1 aromatic rings. The quantitative estimate of drug-likeness (QED) is 0.768. The van der Waals surface area contributed by atoms with Gasteiger partial charge in [0, 0.05) is 0 Å². The number of thiophene rings is 1. The summed E-state index contributed by atoms with van der Waals surface area (Å²) in [5, 5.41) is 15.1. The van der Waals surface area contributed by atoms with Gasteiger partial charge in [-0.1, -0.05) is 0 Å². The monoisotopic (exact) mass is 227 g/mol. The van der Waals surface area contributed by atoms with Gasteiger partial charge in [-0.25, -0.2) is 0 Å². The third-order valence-electron chi connectivity index (χ3n) is 2.17. The molecule has 1 aromatic heterocycles. The Morgan fingerprint density at radius 3 is 2.60 bits per heavy atom. The van der Waals surface area contributed by atoms with Crippen molar-refractivity contribution in [1.29, 1.82) is 0 Å². The van der Waals surface area contributed by atoms with E-state index in [0.717, 1.165) is 5.56 Å². The van der Waals surface area contributed by atoms with Gasteiger partial charge in [0.2, 0.25) is 5.91 Å². The van der Waals surface area contributed by atoms with Gasteiger partial charge in [0.05, 0.1) is 6.04 Å². The third kappa shape index (κ3) is 3.06. The molecule has 1 amide bonds. The van der Waals surface area contributed by atoms with Gasteiger partial charge in [-0.2, -0.15) is 11.3 Å². The van der Waals surface area contributed by atoms with Gasteiger partial charge in [0.1, 0.15) is 5.92 Å². The van der Waals surface area contributed by atoms with Crippen LogP contribution >= 0.6 is 11.3 Å². The average Bonchev–Trinajstić information content (AvgIpc) is 2.68. The lowest BCUT2D eigenvalue weighted by molar-refractivity contribution is -0.146. The lowest BCUT2D eigenvalue weighted by atomic mass is 10.1. The van der Waals surface area contributed by atoms with Crippen molar-refractivity contribution in [3.63, 3.8) is 0 Å². The summed E-state index contributed by atoms with van der Waals surface area (Å²) in [7, 11) is 0. The maximum atomic E-state index is 11.4. The molecular weight excluding hydrogens is 214 g/mol. The van der Waals surface area contributed by atoms with E-state index in [0.29, 0.717) is 0 Å². The first-order valence-corrected chi connectivity index (χ1v) is 5.52. The van der Waals surface area contributed by atoms with E-state index in [4.69, 9.17) is 5.11 Å². The highest BCUT2D eigenvalue weighted by Gasteiger charge is 2.22. The van der Waals surface area contributed by atoms with Crippen LogP contribution in [0.2, 0.25) is 0 Å². The van der Waals surface area contributed by atoms with Gasteiger partial charge in [-0.05, 0) is 36.2 Å². The molecule has 82 valence electrons. The number of hydrogen-bond acceptors (Lipinski definition) is 3. The molecular formula is C10H13NO3S. The Balaban J connectivity index is 2.56. The molecule has 0 bridgehead atoms. The Morgan fingerprint density at radius 2 is 2.13 bits per heavy atom. The van der Waals surface area contributed by atoms with Gasteiger partial charge in [0.15, 0.2) is 0 Å². The van der Waals surface area contributed by atoms with E-state index in [1.807, 2.05) is 23.8 Å². The van der Waals surface area contributed by atoms with Gasteiger partial charge < -0.3 is 10.4 Å². The van der Waals surface area contributed by atoms with Crippen molar-refractivity contribution >= 4 is 23.2 Å². The molecule has 1 heterocycles. The van der Waals surface area contributed by atoms with Crippen LogP contribution in [0.5, 0.6) is 0 Å². The zero-order chi connectivity index (χ0) is 11.4. The molecule has 2 atom stereocenters. The molecule has 15 heavy (non-hydrogen) atoms. The van der Waals surface area contributed by atoms with E-state index in [9.17, 15) is 9.59 Å². The summed E-state index contributed by atoms with van der Waals surface area (Å²) in [6.07, 6.45) is 0. The Hall–Kier alpha value is -1.36. The van der Waals surface area contributed by atoms with Crippen molar-refractivity contribution < 1.29 is 14.7 Å². The van der Waals surface area contributed by atoms with Crippen LogP contribution in [0.3, 0.4) is 0 Å². The minimum atomic E-state index is -1.11. The molecule has 0 saturated heterocycles. The summed E-state index contributed by atoms with van der Waals surface area (Å²) in [5.41, 5.74) is 0.992. The second-order valence-electron chi connectivity index (χ2n) is 3.35. The van der Waals surface area contributed by atoms with Crippen LogP contribution in [0, 0.1) is 5.92 Å². The molecule has 2 N–H and O–H groups in total. The van der Waals surface area contributed by atoms with Gasteiger partial charge >= 0.3 is 5.97 Å².